The fourth-order valence-corrected chi connectivity index (χ4v) is 5.27. The summed E-state index contributed by atoms with van der Waals surface area (Å²) in [5.74, 6) is -0.452. The second-order valence-corrected chi connectivity index (χ2v) is 9.27. The van der Waals surface area contributed by atoms with Crippen molar-refractivity contribution in [2.75, 3.05) is 26.2 Å². The summed E-state index contributed by atoms with van der Waals surface area (Å²) < 4.78 is 15.9. The van der Waals surface area contributed by atoms with Crippen LogP contribution < -0.4 is 10.9 Å². The number of nitrogens with one attached hydrogen (secondary N) is 1. The number of carbonyl (C=O) groups excluding carboxylic acids is 1. The lowest BCUT2D eigenvalue weighted by Crippen LogP contribution is -2.26. The van der Waals surface area contributed by atoms with Crippen LogP contribution in [-0.2, 0) is 0 Å². The summed E-state index contributed by atoms with van der Waals surface area (Å²) in [6.45, 7) is 4.14. The highest BCUT2D eigenvalue weighted by Crippen LogP contribution is 2.32. The Morgan fingerprint density at radius 3 is 2.67 bits per heavy atom. The van der Waals surface area contributed by atoms with Crippen molar-refractivity contribution in [3.05, 3.63) is 69.6 Å². The quantitative estimate of drug-likeness (QED) is 0.414. The molecule has 0 radical (unpaired) electrons. The molecule has 0 aromatic heterocycles. The predicted octanol–water partition coefficient (Wildman–Crippen LogP) is 4.30. The van der Waals surface area contributed by atoms with E-state index < -0.39 is 0 Å². The molecule has 2 aromatic rings. The summed E-state index contributed by atoms with van der Waals surface area (Å²) in [5.41, 5.74) is 1.77. The molecule has 6 nitrogen and oxygen atoms in total. The summed E-state index contributed by atoms with van der Waals surface area (Å²) in [6.07, 6.45) is 4.63. The van der Waals surface area contributed by atoms with Gasteiger partial charge in [-0.3, -0.25) is 9.59 Å². The van der Waals surface area contributed by atoms with Crippen LogP contribution in [0.2, 0.25) is 0 Å². The molecular weight excluding hydrogens is 439 g/mol. The van der Waals surface area contributed by atoms with E-state index >= 15 is 0 Å². The fraction of sp³-hybridized carbons (Fsp3) is 0.320. The third kappa shape index (κ3) is 4.41. The van der Waals surface area contributed by atoms with Gasteiger partial charge < -0.3 is 10.2 Å². The number of amides is 1. The maximum absolute atomic E-state index is 14.1. The lowest BCUT2D eigenvalue weighted by atomic mass is 10.1. The topological polar surface area (TPSA) is 67.2 Å². The Morgan fingerprint density at radius 1 is 1.09 bits per heavy atom. The first kappa shape index (κ1) is 21.7. The van der Waals surface area contributed by atoms with Crippen molar-refractivity contribution in [1.82, 2.24) is 20.0 Å². The fourth-order valence-electron chi connectivity index (χ4n) is 4.35. The maximum Gasteiger partial charge on any atom is 0.281 e. The van der Waals surface area contributed by atoms with Gasteiger partial charge in [-0.1, -0.05) is 12.1 Å². The number of hydrogen-bond donors (Lipinski definition) is 1. The first-order valence-corrected chi connectivity index (χ1v) is 12.2. The van der Waals surface area contributed by atoms with E-state index in [-0.39, 0.29) is 17.3 Å². The normalized spacial score (nSPS) is 14.3. The highest BCUT2D eigenvalue weighted by molar-refractivity contribution is 7.17. The summed E-state index contributed by atoms with van der Waals surface area (Å²) in [4.78, 5) is 27.8. The third-order valence-corrected chi connectivity index (χ3v) is 7.16. The van der Waals surface area contributed by atoms with Crippen molar-refractivity contribution in [3.8, 4) is 16.9 Å². The summed E-state index contributed by atoms with van der Waals surface area (Å²) in [7, 11) is 0. The molecule has 5 rings (SSSR count). The maximum atomic E-state index is 14.1. The summed E-state index contributed by atoms with van der Waals surface area (Å²) in [6, 6.07) is 11.6. The zero-order valence-electron chi connectivity index (χ0n) is 18.2. The monoisotopic (exact) mass is 464 g/mol. The van der Waals surface area contributed by atoms with Crippen LogP contribution in [0, 0.1) is 5.82 Å². The predicted molar refractivity (Wildman–Crippen MR) is 129 cm³/mol. The molecule has 3 aliphatic rings. The third-order valence-electron chi connectivity index (χ3n) is 6.15. The Balaban J connectivity index is 1.27. The molecular formula is C25H25FN4O2S. The number of aromatic nitrogens is 2. The van der Waals surface area contributed by atoms with Crippen molar-refractivity contribution < 1.29 is 9.18 Å². The van der Waals surface area contributed by atoms with Gasteiger partial charge in [-0.2, -0.15) is 9.78 Å². The number of fused-ring (bicyclic) bond motifs is 3. The van der Waals surface area contributed by atoms with Gasteiger partial charge in [-0.05, 0) is 75.6 Å². The minimum absolute atomic E-state index is 0.126. The van der Waals surface area contributed by atoms with Crippen molar-refractivity contribution >= 4 is 27.3 Å². The molecule has 1 N–H and O–H groups in total. The Labute approximate surface area is 195 Å². The van der Waals surface area contributed by atoms with Gasteiger partial charge in [-0.25, -0.2) is 4.39 Å². The molecule has 3 heterocycles. The molecule has 0 bridgehead atoms. The number of halogens is 1. The molecule has 0 saturated carbocycles. The van der Waals surface area contributed by atoms with Crippen molar-refractivity contribution in [1.29, 1.82) is 0 Å². The van der Waals surface area contributed by atoms with Crippen LogP contribution in [0.25, 0.3) is 27.0 Å². The molecule has 0 atom stereocenters. The van der Waals surface area contributed by atoms with Crippen LogP contribution >= 0.6 is 11.3 Å². The highest BCUT2D eigenvalue weighted by Gasteiger charge is 2.20. The van der Waals surface area contributed by atoms with Gasteiger partial charge in [0.25, 0.3) is 11.5 Å². The zero-order valence-corrected chi connectivity index (χ0v) is 19.0. The van der Waals surface area contributed by atoms with E-state index in [0.29, 0.717) is 39.1 Å². The molecule has 3 aliphatic heterocycles. The number of hydrogen-bond acceptors (Lipinski definition) is 5. The molecule has 170 valence electrons. The average Bonchev–Trinajstić information content (AvgIpc) is 3.47. The second-order valence-electron chi connectivity index (χ2n) is 8.39. The van der Waals surface area contributed by atoms with Crippen LogP contribution in [0.15, 0.2) is 52.6 Å². The molecule has 1 amide bonds. The molecule has 2 aromatic carbocycles. The smallest absolute Gasteiger partial charge is 0.281 e. The van der Waals surface area contributed by atoms with E-state index in [1.165, 1.54) is 48.0 Å². The highest BCUT2D eigenvalue weighted by atomic mass is 32.1. The van der Waals surface area contributed by atoms with E-state index in [1.807, 2.05) is 0 Å². The van der Waals surface area contributed by atoms with E-state index in [0.717, 1.165) is 19.4 Å². The van der Waals surface area contributed by atoms with Crippen LogP contribution in [0.1, 0.15) is 36.0 Å². The van der Waals surface area contributed by atoms with E-state index in [4.69, 9.17) is 0 Å². The largest absolute Gasteiger partial charge is 0.352 e. The molecule has 0 unspecified atom stereocenters. The van der Waals surface area contributed by atoms with E-state index in [2.05, 4.69) is 15.3 Å². The van der Waals surface area contributed by atoms with Crippen LogP contribution in [0.3, 0.4) is 0 Å². The summed E-state index contributed by atoms with van der Waals surface area (Å²) >= 11 is 1.20. The van der Waals surface area contributed by atoms with Gasteiger partial charge in [0, 0.05) is 22.9 Å². The van der Waals surface area contributed by atoms with Crippen LogP contribution in [-0.4, -0.2) is 46.8 Å². The van der Waals surface area contributed by atoms with Gasteiger partial charge in [0.1, 0.15) is 11.5 Å². The molecule has 33 heavy (non-hydrogen) atoms. The zero-order chi connectivity index (χ0) is 22.8. The van der Waals surface area contributed by atoms with Gasteiger partial charge in [0.15, 0.2) is 0 Å². The lowest BCUT2D eigenvalue weighted by Gasteiger charge is -2.14. The summed E-state index contributed by atoms with van der Waals surface area (Å²) in [5, 5.41) is 9.71. The molecule has 1 saturated heterocycles. The number of benzene rings is 2. The number of nitrogens with zero attached hydrogens (tertiary/aromatic N) is 3. The van der Waals surface area contributed by atoms with Gasteiger partial charge >= 0.3 is 0 Å². The number of likely N-dealkylation sites (tertiary alicyclic amines) is 1. The van der Waals surface area contributed by atoms with E-state index in [1.54, 1.807) is 41.8 Å². The minimum Gasteiger partial charge on any atom is -0.352 e. The van der Waals surface area contributed by atoms with Gasteiger partial charge in [-0.15, -0.1) is 11.3 Å². The lowest BCUT2D eigenvalue weighted by molar-refractivity contribution is 0.0952. The van der Waals surface area contributed by atoms with Crippen molar-refractivity contribution in [2.24, 2.45) is 0 Å². The number of unbranched alkanes of at least 4 members (excludes halogenated alkanes) is 1. The van der Waals surface area contributed by atoms with Crippen molar-refractivity contribution in [3.63, 3.8) is 0 Å². The second kappa shape index (κ2) is 9.41. The van der Waals surface area contributed by atoms with Crippen molar-refractivity contribution in [2.45, 2.75) is 25.7 Å². The van der Waals surface area contributed by atoms with Gasteiger partial charge in [0.2, 0.25) is 0 Å². The SMILES string of the molecule is O=C(NCCCCN1CCCC1)c1ccc(-n2nc3c4cccc(F)c4scc-3c2=O)cc1. The van der Waals surface area contributed by atoms with Crippen LogP contribution in [0.4, 0.5) is 4.39 Å². The first-order chi connectivity index (χ1) is 16.1. The Bertz CT molecular complexity index is 1310. The Kier molecular flexibility index (Phi) is 6.20. The standard InChI is InChI=1S/C25H25FN4O2S/c26-21-7-5-6-19-22-20(16-33-23(19)21)25(32)30(28-22)18-10-8-17(9-11-18)24(31)27-12-1-2-13-29-14-3-4-15-29/h5-11,16H,1-4,12-15H2,(H,27,31). The average molecular weight is 465 g/mol. The van der Waals surface area contributed by atoms with Gasteiger partial charge in [0.05, 0.1) is 16.0 Å². The number of carbonyl (C=O) groups is 1. The van der Waals surface area contributed by atoms with E-state index in [9.17, 15) is 14.0 Å². The molecule has 8 heteroatoms. The first-order valence-electron chi connectivity index (χ1n) is 11.3. The Hall–Kier alpha value is -3.10. The Morgan fingerprint density at radius 2 is 1.88 bits per heavy atom. The molecule has 0 spiro atoms. The molecule has 0 aliphatic carbocycles. The van der Waals surface area contributed by atoms with Crippen LogP contribution in [0.5, 0.6) is 0 Å². The molecule has 1 fully saturated rings. The number of rotatable bonds is 7. The minimum atomic E-state index is -0.326.